The van der Waals surface area contributed by atoms with Crippen molar-refractivity contribution >= 4 is 32.3 Å². The second-order valence-corrected chi connectivity index (χ2v) is 8.24. The van der Waals surface area contributed by atoms with Crippen molar-refractivity contribution in [2.75, 3.05) is 6.61 Å². The monoisotopic (exact) mass is 372 g/mol. The average Bonchev–Trinajstić information content (AvgIpc) is 2.74. The van der Waals surface area contributed by atoms with E-state index < -0.39 is 0 Å². The summed E-state index contributed by atoms with van der Waals surface area (Å²) < 4.78 is 0. The zero-order valence-corrected chi connectivity index (χ0v) is 16.9. The SMILES string of the molecule is OCCCCCCCCCCCc1ccc2ccc3cccc4ccc1c2c34. The predicted octanol–water partition coefficient (Wildman–Crippen LogP) is 7.63. The third-order valence-corrected chi connectivity index (χ3v) is 6.22. The van der Waals surface area contributed by atoms with Crippen molar-refractivity contribution < 1.29 is 5.11 Å². The zero-order valence-electron chi connectivity index (χ0n) is 16.9. The smallest absolute Gasteiger partial charge is 0.0431 e. The molecule has 0 aromatic heterocycles. The normalized spacial score (nSPS) is 11.9. The minimum atomic E-state index is 0.350. The molecule has 1 nitrogen and oxygen atoms in total. The highest BCUT2D eigenvalue weighted by molar-refractivity contribution is 6.23. The minimum absolute atomic E-state index is 0.350. The first-order valence-corrected chi connectivity index (χ1v) is 11.1. The third kappa shape index (κ3) is 4.15. The Morgan fingerprint density at radius 3 is 1.71 bits per heavy atom. The maximum Gasteiger partial charge on any atom is 0.0431 e. The molecule has 28 heavy (non-hydrogen) atoms. The number of hydrogen-bond donors (Lipinski definition) is 1. The van der Waals surface area contributed by atoms with Gasteiger partial charge in [-0.15, -0.1) is 0 Å². The molecule has 0 atom stereocenters. The van der Waals surface area contributed by atoms with E-state index in [0.29, 0.717) is 6.61 Å². The fourth-order valence-corrected chi connectivity index (χ4v) is 4.68. The van der Waals surface area contributed by atoms with Gasteiger partial charge in [-0.2, -0.15) is 0 Å². The van der Waals surface area contributed by atoms with Crippen LogP contribution < -0.4 is 0 Å². The first kappa shape index (κ1) is 19.2. The van der Waals surface area contributed by atoms with Crippen molar-refractivity contribution in [3.63, 3.8) is 0 Å². The fraction of sp³-hybridized carbons (Fsp3) is 0.407. The van der Waals surface area contributed by atoms with Gasteiger partial charge in [0.15, 0.2) is 0 Å². The van der Waals surface area contributed by atoms with Gasteiger partial charge in [0.2, 0.25) is 0 Å². The van der Waals surface area contributed by atoms with E-state index >= 15 is 0 Å². The largest absolute Gasteiger partial charge is 0.396 e. The van der Waals surface area contributed by atoms with Crippen LogP contribution in [0.5, 0.6) is 0 Å². The van der Waals surface area contributed by atoms with Gasteiger partial charge < -0.3 is 5.11 Å². The lowest BCUT2D eigenvalue weighted by molar-refractivity contribution is 0.282. The molecule has 1 heteroatoms. The second kappa shape index (κ2) is 9.39. The van der Waals surface area contributed by atoms with Gasteiger partial charge in [0.05, 0.1) is 0 Å². The average molecular weight is 373 g/mol. The Balaban J connectivity index is 1.36. The van der Waals surface area contributed by atoms with Gasteiger partial charge in [-0.25, -0.2) is 0 Å². The molecule has 0 heterocycles. The summed E-state index contributed by atoms with van der Waals surface area (Å²) in [5.74, 6) is 0. The molecule has 0 saturated carbocycles. The van der Waals surface area contributed by atoms with Crippen molar-refractivity contribution in [1.29, 1.82) is 0 Å². The lowest BCUT2D eigenvalue weighted by atomic mass is 9.90. The van der Waals surface area contributed by atoms with Crippen molar-refractivity contribution in [2.24, 2.45) is 0 Å². The molecule has 0 fully saturated rings. The lowest BCUT2D eigenvalue weighted by Gasteiger charge is -2.14. The van der Waals surface area contributed by atoms with E-state index in [4.69, 9.17) is 5.11 Å². The van der Waals surface area contributed by atoms with E-state index in [9.17, 15) is 0 Å². The van der Waals surface area contributed by atoms with Crippen LogP contribution in [0.1, 0.15) is 63.4 Å². The summed E-state index contributed by atoms with van der Waals surface area (Å²) in [4.78, 5) is 0. The lowest BCUT2D eigenvalue weighted by Crippen LogP contribution is -1.91. The molecule has 146 valence electrons. The highest BCUT2D eigenvalue weighted by Gasteiger charge is 2.10. The number of aliphatic hydroxyl groups is 1. The van der Waals surface area contributed by atoms with E-state index in [1.54, 1.807) is 0 Å². The van der Waals surface area contributed by atoms with E-state index in [1.807, 2.05) is 0 Å². The molecule has 4 aromatic rings. The standard InChI is InChI=1S/C27H32O/c28-20-9-7-5-3-1-2-4-6-8-11-21-14-15-24-17-16-22-12-10-13-23-18-19-25(21)27(24)26(22)23/h10,12-19,28H,1-9,11,20H2. The van der Waals surface area contributed by atoms with Crippen LogP contribution >= 0.6 is 0 Å². The Morgan fingerprint density at radius 2 is 1.04 bits per heavy atom. The van der Waals surface area contributed by atoms with E-state index in [1.165, 1.54) is 95.7 Å². The zero-order chi connectivity index (χ0) is 19.2. The van der Waals surface area contributed by atoms with Crippen molar-refractivity contribution in [3.05, 3.63) is 60.2 Å². The molecule has 4 aromatic carbocycles. The summed E-state index contributed by atoms with van der Waals surface area (Å²) in [6.07, 6.45) is 12.6. The van der Waals surface area contributed by atoms with Crippen LogP contribution in [0.4, 0.5) is 0 Å². The summed E-state index contributed by atoms with van der Waals surface area (Å²) in [6.45, 7) is 0.350. The van der Waals surface area contributed by atoms with Gasteiger partial charge in [-0.1, -0.05) is 99.5 Å². The highest BCUT2D eigenvalue weighted by atomic mass is 16.2. The van der Waals surface area contributed by atoms with Gasteiger partial charge in [-0.3, -0.25) is 0 Å². The summed E-state index contributed by atoms with van der Waals surface area (Å²) in [6, 6.07) is 20.5. The molecule has 1 N–H and O–H groups in total. The number of benzene rings is 4. The summed E-state index contributed by atoms with van der Waals surface area (Å²) in [5, 5.41) is 17.2. The molecule has 0 aliphatic carbocycles. The van der Waals surface area contributed by atoms with Crippen LogP contribution in [0.2, 0.25) is 0 Å². The van der Waals surface area contributed by atoms with E-state index in [2.05, 4.69) is 54.6 Å². The summed E-state index contributed by atoms with van der Waals surface area (Å²) >= 11 is 0. The number of hydrogen-bond acceptors (Lipinski definition) is 1. The number of unbranched alkanes of at least 4 members (excludes halogenated alkanes) is 8. The van der Waals surface area contributed by atoms with Crippen molar-refractivity contribution in [2.45, 2.75) is 64.2 Å². The Hall–Kier alpha value is -2.12. The van der Waals surface area contributed by atoms with Gasteiger partial charge in [0, 0.05) is 6.61 Å². The highest BCUT2D eigenvalue weighted by Crippen LogP contribution is 2.36. The first-order chi connectivity index (χ1) is 13.9. The van der Waals surface area contributed by atoms with Crippen LogP contribution in [-0.2, 0) is 6.42 Å². The molecule has 0 bridgehead atoms. The van der Waals surface area contributed by atoms with Crippen molar-refractivity contribution in [1.82, 2.24) is 0 Å². The Kier molecular flexibility index (Phi) is 6.44. The Labute approximate surface area is 168 Å². The molecule has 0 radical (unpaired) electrons. The molecular weight excluding hydrogens is 340 g/mol. The minimum Gasteiger partial charge on any atom is -0.396 e. The van der Waals surface area contributed by atoms with Gasteiger partial charge in [0.25, 0.3) is 0 Å². The predicted molar refractivity (Wildman–Crippen MR) is 122 cm³/mol. The fourth-order valence-electron chi connectivity index (χ4n) is 4.68. The topological polar surface area (TPSA) is 20.2 Å². The molecule has 0 aliphatic heterocycles. The maximum atomic E-state index is 8.81. The third-order valence-electron chi connectivity index (χ3n) is 6.22. The van der Waals surface area contributed by atoms with Crippen LogP contribution in [0.3, 0.4) is 0 Å². The maximum absolute atomic E-state index is 8.81. The Bertz CT molecular complexity index is 1000. The number of aryl methyl sites for hydroxylation is 1. The second-order valence-electron chi connectivity index (χ2n) is 8.24. The van der Waals surface area contributed by atoms with Crippen LogP contribution in [-0.4, -0.2) is 11.7 Å². The van der Waals surface area contributed by atoms with Crippen LogP contribution in [0.15, 0.2) is 54.6 Å². The number of rotatable bonds is 11. The van der Waals surface area contributed by atoms with Crippen LogP contribution in [0.25, 0.3) is 32.3 Å². The quantitative estimate of drug-likeness (QED) is 0.212. The summed E-state index contributed by atoms with van der Waals surface area (Å²) in [5.41, 5.74) is 1.51. The Morgan fingerprint density at radius 1 is 0.500 bits per heavy atom. The molecule has 4 rings (SSSR count). The number of aliphatic hydroxyl groups excluding tert-OH is 1. The molecule has 0 amide bonds. The molecule has 0 aliphatic rings. The van der Waals surface area contributed by atoms with Crippen LogP contribution in [0, 0.1) is 0 Å². The van der Waals surface area contributed by atoms with Gasteiger partial charge in [0.1, 0.15) is 0 Å². The van der Waals surface area contributed by atoms with Crippen molar-refractivity contribution in [3.8, 4) is 0 Å². The molecule has 0 saturated heterocycles. The molecular formula is C27H32O. The van der Waals surface area contributed by atoms with E-state index in [-0.39, 0.29) is 0 Å². The molecule has 0 spiro atoms. The first-order valence-electron chi connectivity index (χ1n) is 11.1. The van der Waals surface area contributed by atoms with Gasteiger partial charge in [-0.05, 0) is 57.1 Å². The molecule has 0 unspecified atom stereocenters. The van der Waals surface area contributed by atoms with E-state index in [0.717, 1.165) is 6.42 Å². The van der Waals surface area contributed by atoms with Gasteiger partial charge >= 0.3 is 0 Å². The summed E-state index contributed by atoms with van der Waals surface area (Å²) in [7, 11) is 0.